The van der Waals surface area contributed by atoms with Crippen LogP contribution in [0.4, 0.5) is 5.69 Å². The first-order valence-electron chi connectivity index (χ1n) is 11.2. The maximum absolute atomic E-state index is 13.2. The Labute approximate surface area is 227 Å². The van der Waals surface area contributed by atoms with Gasteiger partial charge in [0.15, 0.2) is 6.61 Å². The van der Waals surface area contributed by atoms with Gasteiger partial charge in [0.1, 0.15) is 11.3 Å². The van der Waals surface area contributed by atoms with E-state index in [1.165, 1.54) is 31.1 Å². The molecule has 0 saturated heterocycles. The minimum atomic E-state index is -1.62. The lowest BCUT2D eigenvalue weighted by molar-refractivity contribution is -0.131. The molecule has 2 amide bonds. The molecule has 39 heavy (non-hydrogen) atoms. The summed E-state index contributed by atoms with van der Waals surface area (Å²) in [4.78, 5) is 62.2. The second-order valence-corrected chi connectivity index (χ2v) is 8.99. The van der Waals surface area contributed by atoms with Crippen LogP contribution in [0, 0.1) is 6.92 Å². The van der Waals surface area contributed by atoms with E-state index in [4.69, 9.17) is 16.3 Å². The van der Waals surface area contributed by atoms with Gasteiger partial charge in [0.25, 0.3) is 11.8 Å². The molecule has 11 nitrogen and oxygen atoms in total. The van der Waals surface area contributed by atoms with Crippen LogP contribution in [0.3, 0.4) is 0 Å². The number of aromatic hydroxyl groups is 1. The molecule has 0 aliphatic rings. The molecule has 0 aliphatic carbocycles. The van der Waals surface area contributed by atoms with Gasteiger partial charge in [-0.2, -0.15) is 0 Å². The molecule has 202 valence electrons. The molecule has 0 fully saturated rings. The van der Waals surface area contributed by atoms with Crippen LogP contribution in [0.2, 0.25) is 5.02 Å². The number of aromatic carboxylic acids is 2. The van der Waals surface area contributed by atoms with Gasteiger partial charge in [-0.25, -0.2) is 14.4 Å². The third-order valence-electron chi connectivity index (χ3n) is 5.59. The highest BCUT2D eigenvalue weighted by Crippen LogP contribution is 2.33. The number of nitrogens with zero attached hydrogens (tertiary/aromatic N) is 1. The van der Waals surface area contributed by atoms with E-state index < -0.39 is 58.8 Å². The number of hydrogen-bond donors (Lipinski definition) is 4. The van der Waals surface area contributed by atoms with Crippen LogP contribution < -0.4 is 5.32 Å². The number of nitrogens with one attached hydrogen (secondary N) is 1. The summed E-state index contributed by atoms with van der Waals surface area (Å²) < 4.78 is 5.08. The van der Waals surface area contributed by atoms with Crippen molar-refractivity contribution in [3.63, 3.8) is 0 Å². The Balaban J connectivity index is 2.09. The Kier molecular flexibility index (Phi) is 8.57. The number of hydrogen-bond acceptors (Lipinski definition) is 7. The van der Waals surface area contributed by atoms with Gasteiger partial charge in [0.05, 0.1) is 22.4 Å². The Morgan fingerprint density at radius 2 is 1.54 bits per heavy atom. The van der Waals surface area contributed by atoms with Crippen LogP contribution in [0.1, 0.15) is 47.0 Å². The van der Waals surface area contributed by atoms with Gasteiger partial charge in [-0.05, 0) is 48.4 Å². The van der Waals surface area contributed by atoms with Gasteiger partial charge in [-0.3, -0.25) is 9.59 Å². The number of phenols is 1. The number of aryl methyl sites for hydroxylation is 1. The summed E-state index contributed by atoms with van der Waals surface area (Å²) in [5.41, 5.74) is -0.302. The summed E-state index contributed by atoms with van der Waals surface area (Å²) in [5.74, 6) is -6.56. The van der Waals surface area contributed by atoms with Gasteiger partial charge in [0.2, 0.25) is 0 Å². The van der Waals surface area contributed by atoms with Gasteiger partial charge < -0.3 is 30.3 Å². The van der Waals surface area contributed by atoms with Crippen LogP contribution in [0.25, 0.3) is 11.1 Å². The van der Waals surface area contributed by atoms with Crippen molar-refractivity contribution >= 4 is 47.0 Å². The first-order valence-corrected chi connectivity index (χ1v) is 11.6. The quantitative estimate of drug-likeness (QED) is 0.301. The van der Waals surface area contributed by atoms with Gasteiger partial charge >= 0.3 is 17.9 Å². The van der Waals surface area contributed by atoms with E-state index in [0.29, 0.717) is 28.3 Å². The van der Waals surface area contributed by atoms with E-state index in [9.17, 15) is 39.3 Å². The molecule has 3 rings (SSSR count). The Morgan fingerprint density at radius 3 is 2.13 bits per heavy atom. The number of halogens is 1. The number of amides is 2. The average Bonchev–Trinajstić information content (AvgIpc) is 2.86. The van der Waals surface area contributed by atoms with E-state index in [1.54, 1.807) is 24.3 Å². The maximum atomic E-state index is 13.2. The number of likely N-dealkylation sites (N-methyl/N-ethyl adjacent to an activating group) is 1. The molecule has 0 bridgehead atoms. The van der Waals surface area contributed by atoms with E-state index in [-0.39, 0.29) is 11.3 Å². The van der Waals surface area contributed by atoms with Crippen molar-refractivity contribution in [1.82, 2.24) is 4.90 Å². The van der Waals surface area contributed by atoms with Crippen LogP contribution in [-0.4, -0.2) is 70.6 Å². The molecule has 0 atom stereocenters. The largest absolute Gasteiger partial charge is 0.507 e. The number of carboxylic acid groups (broad SMARTS) is 2. The summed E-state index contributed by atoms with van der Waals surface area (Å²) in [6, 6.07) is 10.9. The Morgan fingerprint density at radius 1 is 0.872 bits per heavy atom. The molecule has 3 aromatic carbocycles. The average molecular weight is 555 g/mol. The molecule has 0 spiro atoms. The highest BCUT2D eigenvalue weighted by Gasteiger charge is 2.25. The van der Waals surface area contributed by atoms with Crippen molar-refractivity contribution in [2.75, 3.05) is 26.0 Å². The SMILES string of the molecule is Cc1ccc(-c2ccc(C(=O)OCC(=O)N(C)C)c(NC(=O)c3cc(O)c(C(=O)O)cc3C(=O)O)c2)c(Cl)c1. The standard InChI is InChI=1S/C27H23ClN2O9/c1-13-4-6-15(20(28)8-13)14-5-7-16(27(38)39-12-23(32)30(2)3)21(9-14)29-24(33)17-11-22(31)19(26(36)37)10-18(17)25(34)35/h4-11,31H,12H2,1-3H3,(H,29,33)(H,34,35)(H,36,37). The Hall–Kier alpha value is -4.90. The molecular weight excluding hydrogens is 532 g/mol. The lowest BCUT2D eigenvalue weighted by atomic mass is 9.99. The topological polar surface area (TPSA) is 171 Å². The molecule has 0 heterocycles. The molecule has 3 aromatic rings. The Bertz CT molecular complexity index is 1520. The second-order valence-electron chi connectivity index (χ2n) is 8.59. The van der Waals surface area contributed by atoms with Crippen molar-refractivity contribution < 1.29 is 44.0 Å². The number of carbonyl (C=O) groups excluding carboxylic acids is 3. The highest BCUT2D eigenvalue weighted by molar-refractivity contribution is 6.33. The predicted octanol–water partition coefficient (Wildman–Crippen LogP) is 3.91. The lowest BCUT2D eigenvalue weighted by Gasteiger charge is -2.16. The van der Waals surface area contributed by atoms with Crippen molar-refractivity contribution in [3.8, 4) is 16.9 Å². The fraction of sp³-hybridized carbons (Fsp3) is 0.148. The molecular formula is C27H23ClN2O9. The van der Waals surface area contributed by atoms with Crippen LogP contribution in [0.15, 0.2) is 48.5 Å². The molecule has 0 radical (unpaired) electrons. The minimum absolute atomic E-state index is 0.116. The number of benzene rings is 3. The predicted molar refractivity (Wildman–Crippen MR) is 141 cm³/mol. The van der Waals surface area contributed by atoms with Crippen molar-refractivity contribution in [3.05, 3.63) is 81.4 Å². The number of anilines is 1. The highest BCUT2D eigenvalue weighted by atomic mass is 35.5. The number of rotatable bonds is 8. The summed E-state index contributed by atoms with van der Waals surface area (Å²) in [6.07, 6.45) is 0. The number of carboxylic acids is 2. The second kappa shape index (κ2) is 11.7. The molecule has 12 heteroatoms. The normalized spacial score (nSPS) is 10.5. The molecule has 0 aliphatic heterocycles. The van der Waals surface area contributed by atoms with Crippen molar-refractivity contribution in [1.29, 1.82) is 0 Å². The minimum Gasteiger partial charge on any atom is -0.507 e. The number of esters is 1. The first-order chi connectivity index (χ1) is 18.3. The van der Waals surface area contributed by atoms with Crippen LogP contribution >= 0.6 is 11.6 Å². The summed E-state index contributed by atoms with van der Waals surface area (Å²) >= 11 is 6.39. The smallest absolute Gasteiger partial charge is 0.340 e. The zero-order valence-corrected chi connectivity index (χ0v) is 21.7. The van der Waals surface area contributed by atoms with E-state index in [2.05, 4.69) is 5.32 Å². The van der Waals surface area contributed by atoms with Crippen LogP contribution in [-0.2, 0) is 9.53 Å². The van der Waals surface area contributed by atoms with Crippen molar-refractivity contribution in [2.24, 2.45) is 0 Å². The van der Waals surface area contributed by atoms with Gasteiger partial charge in [0, 0.05) is 24.7 Å². The third kappa shape index (κ3) is 6.51. The summed E-state index contributed by atoms with van der Waals surface area (Å²) in [7, 11) is 2.96. The summed E-state index contributed by atoms with van der Waals surface area (Å²) in [6.45, 7) is 1.28. The number of carbonyl (C=O) groups is 5. The van der Waals surface area contributed by atoms with E-state index >= 15 is 0 Å². The van der Waals surface area contributed by atoms with Gasteiger partial charge in [-0.15, -0.1) is 0 Å². The van der Waals surface area contributed by atoms with Gasteiger partial charge in [-0.1, -0.05) is 29.8 Å². The first kappa shape index (κ1) is 28.7. The van der Waals surface area contributed by atoms with E-state index in [0.717, 1.165) is 5.56 Å². The zero-order chi connectivity index (χ0) is 29.0. The van der Waals surface area contributed by atoms with E-state index in [1.807, 2.05) is 6.92 Å². The molecule has 0 saturated carbocycles. The van der Waals surface area contributed by atoms with Crippen molar-refractivity contribution in [2.45, 2.75) is 6.92 Å². The maximum Gasteiger partial charge on any atom is 0.340 e. The fourth-order valence-corrected chi connectivity index (χ4v) is 3.84. The molecule has 0 unspecified atom stereocenters. The molecule has 0 aromatic heterocycles. The zero-order valence-electron chi connectivity index (χ0n) is 20.9. The summed E-state index contributed by atoms with van der Waals surface area (Å²) in [5, 5.41) is 31.6. The monoisotopic (exact) mass is 554 g/mol. The number of ether oxygens (including phenoxy) is 1. The lowest BCUT2D eigenvalue weighted by Crippen LogP contribution is -2.28. The van der Waals surface area contributed by atoms with Crippen LogP contribution in [0.5, 0.6) is 5.75 Å². The molecule has 4 N–H and O–H groups in total. The third-order valence-corrected chi connectivity index (χ3v) is 5.90. The fourth-order valence-electron chi connectivity index (χ4n) is 3.50.